The van der Waals surface area contributed by atoms with Crippen LogP contribution in [0.3, 0.4) is 0 Å². The van der Waals surface area contributed by atoms with Gasteiger partial charge in [-0.3, -0.25) is 0 Å². The quantitative estimate of drug-likeness (QED) is 0.176. The molecule has 0 saturated carbocycles. The molecule has 1 spiro atoms. The first-order chi connectivity index (χ1) is 25.8. The van der Waals surface area contributed by atoms with Crippen LogP contribution in [-0.4, -0.2) is 9.97 Å². The van der Waals surface area contributed by atoms with Crippen LogP contribution in [0.1, 0.15) is 28.2 Å². The fourth-order valence-electron chi connectivity index (χ4n) is 9.21. The van der Waals surface area contributed by atoms with Crippen LogP contribution in [0.4, 0.5) is 0 Å². The molecule has 8 aromatic rings. The Kier molecular flexibility index (Phi) is 6.29. The minimum absolute atomic E-state index is 0.198. The van der Waals surface area contributed by atoms with E-state index in [4.69, 9.17) is 14.7 Å². The van der Waals surface area contributed by atoms with Crippen molar-refractivity contribution in [3.05, 3.63) is 204 Å². The summed E-state index contributed by atoms with van der Waals surface area (Å²) in [6, 6.07) is 56.2. The first-order valence-corrected chi connectivity index (χ1v) is 18.0. The number of rotatable bonds is 3. The number of para-hydroxylation sites is 2. The first-order valence-electron chi connectivity index (χ1n) is 18.0. The van der Waals surface area contributed by atoms with Crippen molar-refractivity contribution < 1.29 is 4.74 Å². The van der Waals surface area contributed by atoms with Crippen molar-refractivity contribution in [1.82, 2.24) is 9.97 Å². The second-order valence-electron chi connectivity index (χ2n) is 14.0. The number of fused-ring (bicyclic) bond motifs is 12. The fraction of sp³-hybridized carbons (Fsp3) is 0.0612. The van der Waals surface area contributed by atoms with Gasteiger partial charge in [-0.05, 0) is 56.9 Å². The van der Waals surface area contributed by atoms with Gasteiger partial charge in [-0.1, -0.05) is 158 Å². The Morgan fingerprint density at radius 1 is 0.500 bits per heavy atom. The summed E-state index contributed by atoms with van der Waals surface area (Å²) in [5, 5.41) is 4.90. The van der Waals surface area contributed by atoms with Gasteiger partial charge in [0, 0.05) is 39.7 Å². The van der Waals surface area contributed by atoms with Crippen LogP contribution in [0.5, 0.6) is 11.5 Å². The number of nitrogens with zero attached hydrogens (tertiary/aromatic N) is 2. The molecule has 0 amide bonds. The molecular formula is C49H32N2O. The first kappa shape index (κ1) is 29.2. The summed E-state index contributed by atoms with van der Waals surface area (Å²) in [6.07, 6.45) is 9.19. The molecule has 1 aliphatic heterocycles. The summed E-state index contributed by atoms with van der Waals surface area (Å²) in [5.41, 5.74) is 9.33. The third-order valence-electron chi connectivity index (χ3n) is 11.4. The number of hydrogen-bond donors (Lipinski definition) is 0. The van der Waals surface area contributed by atoms with Crippen LogP contribution in [0, 0.1) is 5.92 Å². The Morgan fingerprint density at radius 2 is 1.23 bits per heavy atom. The molecule has 52 heavy (non-hydrogen) atoms. The summed E-state index contributed by atoms with van der Waals surface area (Å²) in [4.78, 5) is 10.5. The topological polar surface area (TPSA) is 35.0 Å². The zero-order valence-corrected chi connectivity index (χ0v) is 28.3. The summed E-state index contributed by atoms with van der Waals surface area (Å²) in [5.74, 6) is 2.89. The Hall–Kier alpha value is -6.58. The molecule has 0 saturated heterocycles. The molecule has 3 atom stereocenters. The zero-order valence-electron chi connectivity index (χ0n) is 28.3. The average Bonchev–Trinajstić information content (AvgIpc) is 3.51. The van der Waals surface area contributed by atoms with E-state index in [1.54, 1.807) is 0 Å². The monoisotopic (exact) mass is 664 g/mol. The minimum Gasteiger partial charge on any atom is -0.456 e. The van der Waals surface area contributed by atoms with Gasteiger partial charge < -0.3 is 4.74 Å². The van der Waals surface area contributed by atoms with Crippen LogP contribution < -0.4 is 4.74 Å². The van der Waals surface area contributed by atoms with Crippen molar-refractivity contribution in [3.63, 3.8) is 0 Å². The van der Waals surface area contributed by atoms with E-state index < -0.39 is 5.41 Å². The van der Waals surface area contributed by atoms with Crippen LogP contribution in [0.2, 0.25) is 0 Å². The molecule has 0 radical (unpaired) electrons. The highest BCUT2D eigenvalue weighted by Crippen LogP contribution is 2.65. The van der Waals surface area contributed by atoms with Gasteiger partial charge in [-0.25, -0.2) is 9.97 Å². The standard InChI is InChI=1S/C49H32N2O/c1-2-14-32(15-3-1)48-50-44(34-27-28-36-33(29-34)26-25-31-13-4-5-16-35(31)36)30-45(51-48)39-19-12-23-43-47(39)52-46-24-11-10-22-42(46)49(43)40-20-8-6-17-37(40)38-18-7-9-21-41(38)49/h1-30,37,40H. The van der Waals surface area contributed by atoms with Gasteiger partial charge >= 0.3 is 0 Å². The summed E-state index contributed by atoms with van der Waals surface area (Å²) in [6.45, 7) is 0. The third-order valence-corrected chi connectivity index (χ3v) is 11.4. The molecule has 0 N–H and O–H groups in total. The molecule has 2 aliphatic carbocycles. The van der Waals surface area contributed by atoms with Crippen molar-refractivity contribution >= 4 is 21.5 Å². The number of ether oxygens (including phenoxy) is 1. The van der Waals surface area contributed by atoms with Gasteiger partial charge in [0.1, 0.15) is 11.5 Å². The van der Waals surface area contributed by atoms with Gasteiger partial charge in [0.15, 0.2) is 5.82 Å². The predicted molar refractivity (Wildman–Crippen MR) is 211 cm³/mol. The van der Waals surface area contributed by atoms with Crippen molar-refractivity contribution in [2.45, 2.75) is 11.3 Å². The van der Waals surface area contributed by atoms with Gasteiger partial charge in [0.05, 0.1) is 16.8 Å². The van der Waals surface area contributed by atoms with Gasteiger partial charge in [-0.2, -0.15) is 0 Å². The lowest BCUT2D eigenvalue weighted by Crippen LogP contribution is -2.37. The van der Waals surface area contributed by atoms with Crippen molar-refractivity contribution in [1.29, 1.82) is 0 Å². The molecule has 11 rings (SSSR count). The molecule has 3 unspecified atom stereocenters. The smallest absolute Gasteiger partial charge is 0.160 e. The molecule has 3 nitrogen and oxygen atoms in total. The second kappa shape index (κ2) is 11.2. The molecule has 1 aromatic heterocycles. The van der Waals surface area contributed by atoms with E-state index in [0.717, 1.165) is 39.6 Å². The Morgan fingerprint density at radius 3 is 2.17 bits per heavy atom. The maximum atomic E-state index is 7.03. The molecule has 2 heterocycles. The maximum absolute atomic E-state index is 7.03. The predicted octanol–water partition coefficient (Wildman–Crippen LogP) is 12.1. The van der Waals surface area contributed by atoms with Crippen molar-refractivity contribution in [2.75, 3.05) is 0 Å². The van der Waals surface area contributed by atoms with E-state index in [-0.39, 0.29) is 11.8 Å². The highest BCUT2D eigenvalue weighted by atomic mass is 16.5. The second-order valence-corrected chi connectivity index (χ2v) is 14.0. The average molecular weight is 665 g/mol. The molecular weight excluding hydrogens is 633 g/mol. The Labute approximate surface area is 302 Å². The molecule has 3 aliphatic rings. The van der Waals surface area contributed by atoms with Crippen molar-refractivity contribution in [3.8, 4) is 45.4 Å². The lowest BCUT2D eigenvalue weighted by Gasteiger charge is -2.43. The lowest BCUT2D eigenvalue weighted by molar-refractivity contribution is 0.375. The highest BCUT2D eigenvalue weighted by molar-refractivity contribution is 6.08. The van der Waals surface area contributed by atoms with E-state index in [2.05, 4.69) is 164 Å². The van der Waals surface area contributed by atoms with E-state index in [1.807, 2.05) is 18.2 Å². The van der Waals surface area contributed by atoms with Gasteiger partial charge in [-0.15, -0.1) is 0 Å². The third kappa shape index (κ3) is 4.14. The Bertz CT molecular complexity index is 2800. The molecule has 244 valence electrons. The van der Waals surface area contributed by atoms with Gasteiger partial charge in [0.2, 0.25) is 0 Å². The van der Waals surface area contributed by atoms with Crippen LogP contribution in [0.15, 0.2) is 182 Å². The molecule has 0 bridgehead atoms. The van der Waals surface area contributed by atoms with Gasteiger partial charge in [0.25, 0.3) is 0 Å². The SMILES string of the molecule is C1=CC2c3ccccc3C3(c4ccccc4Oc4c(-c5cc(-c6ccc7c(ccc8ccccc87)c6)nc(-c6ccccc6)n5)cccc43)C2C=C1. The van der Waals surface area contributed by atoms with E-state index in [9.17, 15) is 0 Å². The summed E-state index contributed by atoms with van der Waals surface area (Å²) < 4.78 is 7.03. The Balaban J connectivity index is 1.16. The number of aromatic nitrogens is 2. The van der Waals surface area contributed by atoms with E-state index in [1.165, 1.54) is 43.8 Å². The number of allylic oxidation sites excluding steroid dienone is 4. The number of benzene rings is 7. The van der Waals surface area contributed by atoms with Crippen LogP contribution in [0.25, 0.3) is 55.4 Å². The minimum atomic E-state index is -0.429. The van der Waals surface area contributed by atoms with E-state index >= 15 is 0 Å². The molecule has 3 heteroatoms. The lowest BCUT2D eigenvalue weighted by atomic mass is 9.61. The summed E-state index contributed by atoms with van der Waals surface area (Å²) >= 11 is 0. The zero-order chi connectivity index (χ0) is 34.2. The molecule has 7 aromatic carbocycles. The molecule has 0 fully saturated rings. The van der Waals surface area contributed by atoms with E-state index in [0.29, 0.717) is 5.82 Å². The normalized spacial score (nSPS) is 19.2. The number of hydrogen-bond acceptors (Lipinski definition) is 3. The fourth-order valence-corrected chi connectivity index (χ4v) is 9.21. The highest BCUT2D eigenvalue weighted by Gasteiger charge is 2.56. The van der Waals surface area contributed by atoms with Crippen molar-refractivity contribution in [2.24, 2.45) is 5.92 Å². The largest absolute Gasteiger partial charge is 0.456 e. The summed E-state index contributed by atoms with van der Waals surface area (Å²) in [7, 11) is 0. The van der Waals surface area contributed by atoms with Crippen LogP contribution in [-0.2, 0) is 5.41 Å². The maximum Gasteiger partial charge on any atom is 0.160 e. The van der Waals surface area contributed by atoms with Crippen LogP contribution >= 0.6 is 0 Å².